The Labute approximate surface area is 180 Å². The Morgan fingerprint density at radius 3 is 2.77 bits per heavy atom. The van der Waals surface area contributed by atoms with E-state index in [1.54, 1.807) is 18.2 Å². The van der Waals surface area contributed by atoms with Gasteiger partial charge in [0.05, 0.1) is 11.7 Å². The summed E-state index contributed by atoms with van der Waals surface area (Å²) in [6.45, 7) is 4.61. The van der Waals surface area contributed by atoms with E-state index in [-0.39, 0.29) is 29.6 Å². The number of aromatic nitrogens is 1. The molecule has 0 spiro atoms. The predicted octanol–water partition coefficient (Wildman–Crippen LogP) is 5.72. The van der Waals surface area contributed by atoms with E-state index in [0.29, 0.717) is 11.6 Å². The van der Waals surface area contributed by atoms with Crippen molar-refractivity contribution in [2.75, 3.05) is 6.54 Å². The van der Waals surface area contributed by atoms with Crippen LogP contribution in [-0.2, 0) is 0 Å². The molecule has 6 heteroatoms. The average molecular weight is 425 g/mol. The van der Waals surface area contributed by atoms with Crippen LogP contribution in [0.3, 0.4) is 0 Å². The predicted molar refractivity (Wildman–Crippen MR) is 117 cm³/mol. The van der Waals surface area contributed by atoms with Crippen molar-refractivity contribution < 1.29 is 13.9 Å². The van der Waals surface area contributed by atoms with Gasteiger partial charge in [0.15, 0.2) is 16.6 Å². The number of hydrogen-bond donors (Lipinski definition) is 0. The number of halogens is 1. The summed E-state index contributed by atoms with van der Waals surface area (Å²) >= 11 is 1.37. The molecule has 0 saturated carbocycles. The maximum absolute atomic E-state index is 14.0. The van der Waals surface area contributed by atoms with E-state index in [4.69, 9.17) is 4.74 Å². The number of carbonyl (C=O) groups is 1. The lowest BCUT2D eigenvalue weighted by Gasteiger charge is -2.38. The zero-order valence-electron chi connectivity index (χ0n) is 17.2. The Morgan fingerprint density at radius 1 is 1.20 bits per heavy atom. The third-order valence-corrected chi connectivity index (χ3v) is 6.44. The second-order valence-electron chi connectivity index (χ2n) is 7.67. The molecule has 0 radical (unpaired) electrons. The number of ether oxygens (including phenoxy) is 1. The second kappa shape index (κ2) is 8.96. The quantitative estimate of drug-likeness (QED) is 0.526. The lowest BCUT2D eigenvalue weighted by Crippen LogP contribution is -2.50. The van der Waals surface area contributed by atoms with Crippen LogP contribution in [0, 0.1) is 12.7 Å². The summed E-state index contributed by atoms with van der Waals surface area (Å²) < 4.78 is 19.9. The zero-order chi connectivity index (χ0) is 21.1. The maximum Gasteiger partial charge on any atom is 0.283 e. The summed E-state index contributed by atoms with van der Waals surface area (Å²) in [5.41, 5.74) is 2.99. The van der Waals surface area contributed by atoms with Crippen molar-refractivity contribution in [3.05, 3.63) is 70.3 Å². The molecular formula is C24H25FN2O2S. The van der Waals surface area contributed by atoms with E-state index in [0.717, 1.165) is 36.1 Å². The highest BCUT2D eigenvalue weighted by atomic mass is 32.1. The first-order chi connectivity index (χ1) is 14.5. The molecule has 1 amide bonds. The molecule has 2 heterocycles. The van der Waals surface area contributed by atoms with Gasteiger partial charge in [-0.1, -0.05) is 36.4 Å². The molecule has 1 aliphatic heterocycles. The Morgan fingerprint density at radius 2 is 1.97 bits per heavy atom. The SMILES string of the molecule is Cc1ccccc1-c1csc(C(=O)N2CCCCC2C(C)Oc2ccccc2F)n1. The highest BCUT2D eigenvalue weighted by Crippen LogP contribution is 2.29. The molecule has 1 saturated heterocycles. The number of para-hydroxylation sites is 1. The van der Waals surface area contributed by atoms with Crippen LogP contribution in [-0.4, -0.2) is 34.5 Å². The normalized spacial score (nSPS) is 17.6. The highest BCUT2D eigenvalue weighted by molar-refractivity contribution is 7.12. The molecule has 2 unspecified atom stereocenters. The summed E-state index contributed by atoms with van der Waals surface area (Å²) in [6, 6.07) is 14.3. The van der Waals surface area contributed by atoms with Gasteiger partial charge >= 0.3 is 0 Å². The molecule has 2 aromatic carbocycles. The third-order valence-electron chi connectivity index (χ3n) is 5.61. The Hall–Kier alpha value is -2.73. The van der Waals surface area contributed by atoms with E-state index >= 15 is 0 Å². The van der Waals surface area contributed by atoms with Crippen molar-refractivity contribution in [2.45, 2.75) is 45.3 Å². The Balaban J connectivity index is 1.53. The van der Waals surface area contributed by atoms with Gasteiger partial charge in [-0.05, 0) is 50.8 Å². The van der Waals surface area contributed by atoms with Gasteiger partial charge in [0.2, 0.25) is 0 Å². The number of aryl methyl sites for hydroxylation is 1. The number of carbonyl (C=O) groups excluding carboxylic acids is 1. The minimum atomic E-state index is -0.388. The van der Waals surface area contributed by atoms with Gasteiger partial charge in [0.25, 0.3) is 5.91 Å². The van der Waals surface area contributed by atoms with Crippen LogP contribution in [0.5, 0.6) is 5.75 Å². The number of nitrogens with zero attached hydrogens (tertiary/aromatic N) is 2. The molecule has 1 aromatic heterocycles. The number of rotatable bonds is 5. The number of benzene rings is 2. The lowest BCUT2D eigenvalue weighted by molar-refractivity contribution is 0.0344. The first-order valence-corrected chi connectivity index (χ1v) is 11.2. The molecule has 1 aliphatic rings. The van der Waals surface area contributed by atoms with Crippen molar-refractivity contribution in [3.8, 4) is 17.0 Å². The molecular weight excluding hydrogens is 399 g/mol. The van der Waals surface area contributed by atoms with Gasteiger partial charge in [-0.2, -0.15) is 0 Å². The Kier molecular flexibility index (Phi) is 6.13. The molecule has 156 valence electrons. The van der Waals surface area contributed by atoms with Crippen LogP contribution in [0.4, 0.5) is 4.39 Å². The van der Waals surface area contributed by atoms with Gasteiger partial charge in [0.1, 0.15) is 6.10 Å². The van der Waals surface area contributed by atoms with E-state index in [9.17, 15) is 9.18 Å². The smallest absolute Gasteiger partial charge is 0.283 e. The summed E-state index contributed by atoms with van der Waals surface area (Å²) in [5.74, 6) is -0.242. The molecule has 4 rings (SSSR count). The number of amides is 1. The molecule has 1 fully saturated rings. The number of piperidine rings is 1. The van der Waals surface area contributed by atoms with Crippen LogP contribution >= 0.6 is 11.3 Å². The first-order valence-electron chi connectivity index (χ1n) is 10.3. The van der Waals surface area contributed by atoms with Crippen LogP contribution in [0.1, 0.15) is 41.6 Å². The number of thiazole rings is 1. The van der Waals surface area contributed by atoms with Gasteiger partial charge < -0.3 is 9.64 Å². The van der Waals surface area contributed by atoms with Crippen LogP contribution in [0.25, 0.3) is 11.3 Å². The molecule has 0 bridgehead atoms. The second-order valence-corrected chi connectivity index (χ2v) is 8.53. The first kappa shape index (κ1) is 20.5. The monoisotopic (exact) mass is 424 g/mol. The molecule has 3 aromatic rings. The molecule has 4 nitrogen and oxygen atoms in total. The van der Waals surface area contributed by atoms with Gasteiger partial charge in [-0.15, -0.1) is 11.3 Å². The largest absolute Gasteiger partial charge is 0.485 e. The van der Waals surface area contributed by atoms with Crippen molar-refractivity contribution in [2.24, 2.45) is 0 Å². The fourth-order valence-electron chi connectivity index (χ4n) is 4.00. The van der Waals surface area contributed by atoms with E-state index in [1.807, 2.05) is 48.4 Å². The standard InChI is InChI=1S/C24H25FN2O2S/c1-16-9-3-4-10-18(16)20-15-30-23(26-20)24(28)27-14-8-7-12-21(27)17(2)29-22-13-6-5-11-19(22)25/h3-6,9-11,13,15,17,21H,7-8,12,14H2,1-2H3. The van der Waals surface area contributed by atoms with Crippen LogP contribution < -0.4 is 4.74 Å². The fraction of sp³-hybridized carbons (Fsp3) is 0.333. The fourth-order valence-corrected chi connectivity index (χ4v) is 4.77. The van der Waals surface area contributed by atoms with Gasteiger partial charge in [0, 0.05) is 17.5 Å². The molecule has 0 aliphatic carbocycles. The summed E-state index contributed by atoms with van der Waals surface area (Å²) in [6.07, 6.45) is 2.48. The average Bonchev–Trinajstić information content (AvgIpc) is 3.25. The lowest BCUT2D eigenvalue weighted by atomic mass is 9.98. The summed E-state index contributed by atoms with van der Waals surface area (Å²) in [5, 5.41) is 2.42. The molecule has 0 N–H and O–H groups in total. The topological polar surface area (TPSA) is 42.4 Å². The summed E-state index contributed by atoms with van der Waals surface area (Å²) in [7, 11) is 0. The minimum Gasteiger partial charge on any atom is -0.485 e. The van der Waals surface area contributed by atoms with Crippen molar-refractivity contribution >= 4 is 17.2 Å². The minimum absolute atomic E-state index is 0.0754. The number of hydrogen-bond acceptors (Lipinski definition) is 4. The molecule has 30 heavy (non-hydrogen) atoms. The van der Waals surface area contributed by atoms with Crippen LogP contribution in [0.2, 0.25) is 0 Å². The Bertz CT molecular complexity index is 1040. The van der Waals surface area contributed by atoms with Gasteiger partial charge in [-0.3, -0.25) is 4.79 Å². The zero-order valence-corrected chi connectivity index (χ0v) is 18.0. The highest BCUT2D eigenvalue weighted by Gasteiger charge is 2.34. The van der Waals surface area contributed by atoms with Crippen molar-refractivity contribution in [3.63, 3.8) is 0 Å². The van der Waals surface area contributed by atoms with Crippen molar-refractivity contribution in [1.29, 1.82) is 0 Å². The van der Waals surface area contributed by atoms with E-state index < -0.39 is 0 Å². The maximum atomic E-state index is 14.0. The van der Waals surface area contributed by atoms with E-state index in [2.05, 4.69) is 4.98 Å². The number of likely N-dealkylation sites (tertiary alicyclic amines) is 1. The third kappa shape index (κ3) is 4.24. The van der Waals surface area contributed by atoms with Crippen molar-refractivity contribution in [1.82, 2.24) is 9.88 Å². The van der Waals surface area contributed by atoms with Gasteiger partial charge in [-0.25, -0.2) is 9.37 Å². The van der Waals surface area contributed by atoms with E-state index in [1.165, 1.54) is 17.4 Å². The molecule has 2 atom stereocenters. The van der Waals surface area contributed by atoms with Crippen LogP contribution in [0.15, 0.2) is 53.9 Å². The summed E-state index contributed by atoms with van der Waals surface area (Å²) in [4.78, 5) is 19.8.